The fourth-order valence-corrected chi connectivity index (χ4v) is 2.99. The molecule has 9 heteroatoms. The molecule has 30 heavy (non-hydrogen) atoms. The summed E-state index contributed by atoms with van der Waals surface area (Å²) < 4.78 is 12.3. The van der Waals surface area contributed by atoms with Crippen molar-refractivity contribution < 1.29 is 19.1 Å². The Morgan fingerprint density at radius 2 is 1.73 bits per heavy atom. The Morgan fingerprint density at radius 3 is 2.43 bits per heavy atom. The van der Waals surface area contributed by atoms with Crippen LogP contribution in [0.5, 0.6) is 11.5 Å². The van der Waals surface area contributed by atoms with Crippen molar-refractivity contribution in [1.82, 2.24) is 10.4 Å². The van der Waals surface area contributed by atoms with Crippen molar-refractivity contribution in [2.24, 2.45) is 5.10 Å². The number of benzene rings is 2. The number of ether oxygens (including phenoxy) is 2. The number of nitrogens with zero attached hydrogens (tertiary/aromatic N) is 2. The van der Waals surface area contributed by atoms with Crippen LogP contribution in [0.3, 0.4) is 0 Å². The van der Waals surface area contributed by atoms with E-state index in [1.807, 2.05) is 0 Å². The van der Waals surface area contributed by atoms with Gasteiger partial charge in [-0.15, -0.1) is 0 Å². The van der Waals surface area contributed by atoms with Crippen LogP contribution in [0.25, 0.3) is 0 Å². The van der Waals surface area contributed by atoms with Crippen LogP contribution in [0, 0.1) is 0 Å². The van der Waals surface area contributed by atoms with Gasteiger partial charge >= 0.3 is 5.97 Å². The number of esters is 1. The summed E-state index contributed by atoms with van der Waals surface area (Å²) >= 11 is 6.58. The molecule has 0 spiro atoms. The minimum atomic E-state index is -0.503. The number of pyridine rings is 1. The summed E-state index contributed by atoms with van der Waals surface area (Å²) in [6, 6.07) is 13.4. The molecule has 3 aromatic rings. The molecule has 0 aliphatic rings. The number of carbonyl (C=O) groups excluding carboxylic acids is 2. The first-order chi connectivity index (χ1) is 14.5. The molecule has 3 rings (SSSR count). The molecule has 0 aliphatic heterocycles. The molecular weight excluding hydrogens is 518 g/mol. The third-order valence-electron chi connectivity index (χ3n) is 3.82. The Morgan fingerprint density at radius 1 is 0.967 bits per heavy atom. The fourth-order valence-electron chi connectivity index (χ4n) is 2.36. The van der Waals surface area contributed by atoms with Gasteiger partial charge in [0.15, 0.2) is 11.5 Å². The summed E-state index contributed by atoms with van der Waals surface area (Å²) in [6.07, 6.45) is 4.47. The molecule has 0 atom stereocenters. The first-order valence-corrected chi connectivity index (χ1v) is 10.1. The van der Waals surface area contributed by atoms with Crippen LogP contribution in [0.4, 0.5) is 0 Å². The molecule has 0 unspecified atom stereocenters. The summed E-state index contributed by atoms with van der Waals surface area (Å²) in [6.45, 7) is 0. The Labute approximate surface area is 189 Å². The van der Waals surface area contributed by atoms with Crippen LogP contribution in [0.2, 0.25) is 0 Å². The monoisotopic (exact) mass is 531 g/mol. The summed E-state index contributed by atoms with van der Waals surface area (Å²) in [5.41, 5.74) is 3.85. The van der Waals surface area contributed by atoms with Crippen LogP contribution >= 0.6 is 31.9 Å². The van der Waals surface area contributed by atoms with E-state index in [0.717, 1.165) is 4.47 Å². The van der Waals surface area contributed by atoms with Gasteiger partial charge in [-0.1, -0.05) is 15.9 Å². The molecule has 7 nitrogen and oxygen atoms in total. The van der Waals surface area contributed by atoms with Gasteiger partial charge in [0, 0.05) is 21.3 Å². The van der Waals surface area contributed by atoms with Gasteiger partial charge in [-0.25, -0.2) is 10.2 Å². The standard InChI is InChI=1S/C21H15Br2N3O4/c1-29-19-8-13(10-25-26-20(27)15-9-17(23)12-24-11-15)2-7-18(19)30-21(28)14-3-5-16(22)6-4-14/h2-12H,1H3,(H,26,27)/b25-10+. The van der Waals surface area contributed by atoms with Crippen LogP contribution < -0.4 is 14.9 Å². The number of hydrogen-bond donors (Lipinski definition) is 1. The second-order valence-electron chi connectivity index (χ2n) is 5.90. The van der Waals surface area contributed by atoms with Crippen molar-refractivity contribution in [2.45, 2.75) is 0 Å². The van der Waals surface area contributed by atoms with Crippen molar-refractivity contribution in [3.8, 4) is 11.5 Å². The number of hydrogen-bond acceptors (Lipinski definition) is 6. The highest BCUT2D eigenvalue weighted by atomic mass is 79.9. The van der Waals surface area contributed by atoms with E-state index in [4.69, 9.17) is 9.47 Å². The van der Waals surface area contributed by atoms with Crippen molar-refractivity contribution >= 4 is 50.0 Å². The number of carbonyl (C=O) groups is 2. The molecule has 2 aromatic carbocycles. The van der Waals surface area contributed by atoms with Gasteiger partial charge in [0.25, 0.3) is 5.91 Å². The molecule has 0 fully saturated rings. The summed E-state index contributed by atoms with van der Waals surface area (Å²) in [5, 5.41) is 3.93. The molecule has 1 heterocycles. The Bertz CT molecular complexity index is 1100. The van der Waals surface area contributed by atoms with E-state index in [1.165, 1.54) is 19.5 Å². The number of hydrazone groups is 1. The summed E-state index contributed by atoms with van der Waals surface area (Å²) in [7, 11) is 1.47. The van der Waals surface area contributed by atoms with Gasteiger partial charge in [-0.05, 0) is 70.0 Å². The van der Waals surface area contributed by atoms with E-state index in [0.29, 0.717) is 26.9 Å². The quantitative estimate of drug-likeness (QED) is 0.217. The smallest absolute Gasteiger partial charge is 0.343 e. The first-order valence-electron chi connectivity index (χ1n) is 8.56. The van der Waals surface area contributed by atoms with E-state index in [2.05, 4.69) is 47.4 Å². The lowest BCUT2D eigenvalue weighted by atomic mass is 10.2. The van der Waals surface area contributed by atoms with E-state index in [-0.39, 0.29) is 5.75 Å². The van der Waals surface area contributed by atoms with Gasteiger partial charge in [-0.3, -0.25) is 9.78 Å². The highest BCUT2D eigenvalue weighted by Crippen LogP contribution is 2.28. The Balaban J connectivity index is 1.67. The highest BCUT2D eigenvalue weighted by Gasteiger charge is 2.13. The van der Waals surface area contributed by atoms with Crippen LogP contribution in [-0.4, -0.2) is 30.2 Å². The van der Waals surface area contributed by atoms with Crippen molar-refractivity contribution in [3.63, 3.8) is 0 Å². The van der Waals surface area contributed by atoms with Crippen LogP contribution in [0.15, 0.2) is 75.0 Å². The molecule has 0 bridgehead atoms. The van der Waals surface area contributed by atoms with E-state index >= 15 is 0 Å². The maximum Gasteiger partial charge on any atom is 0.343 e. The van der Waals surface area contributed by atoms with Crippen molar-refractivity contribution in [1.29, 1.82) is 0 Å². The largest absolute Gasteiger partial charge is 0.493 e. The lowest BCUT2D eigenvalue weighted by Crippen LogP contribution is -2.17. The predicted octanol–water partition coefficient (Wildman–Crippen LogP) is 4.60. The minimum Gasteiger partial charge on any atom is -0.493 e. The van der Waals surface area contributed by atoms with Gasteiger partial charge in [-0.2, -0.15) is 5.10 Å². The Hall–Kier alpha value is -3.04. The lowest BCUT2D eigenvalue weighted by molar-refractivity contribution is 0.0729. The molecule has 0 aliphatic carbocycles. The minimum absolute atomic E-state index is 0.270. The van der Waals surface area contributed by atoms with E-state index in [1.54, 1.807) is 54.7 Å². The highest BCUT2D eigenvalue weighted by molar-refractivity contribution is 9.10. The average Bonchev–Trinajstić information content (AvgIpc) is 2.75. The van der Waals surface area contributed by atoms with E-state index < -0.39 is 11.9 Å². The number of amides is 1. The average molecular weight is 533 g/mol. The Kier molecular flexibility index (Phi) is 7.31. The number of methoxy groups -OCH3 is 1. The molecule has 1 amide bonds. The zero-order valence-electron chi connectivity index (χ0n) is 15.6. The zero-order valence-corrected chi connectivity index (χ0v) is 18.8. The van der Waals surface area contributed by atoms with Gasteiger partial charge in [0.2, 0.25) is 0 Å². The fraction of sp³-hybridized carbons (Fsp3) is 0.0476. The second-order valence-corrected chi connectivity index (χ2v) is 7.73. The maximum absolute atomic E-state index is 12.3. The van der Waals surface area contributed by atoms with Crippen molar-refractivity contribution in [3.05, 3.63) is 86.6 Å². The molecule has 1 aromatic heterocycles. The zero-order chi connectivity index (χ0) is 21.5. The van der Waals surface area contributed by atoms with Gasteiger partial charge in [0.1, 0.15) is 0 Å². The number of rotatable bonds is 6. The summed E-state index contributed by atoms with van der Waals surface area (Å²) in [4.78, 5) is 28.3. The van der Waals surface area contributed by atoms with Gasteiger partial charge < -0.3 is 9.47 Å². The lowest BCUT2D eigenvalue weighted by Gasteiger charge is -2.10. The molecule has 0 saturated heterocycles. The number of halogens is 2. The first kappa shape index (κ1) is 21.7. The van der Waals surface area contributed by atoms with Gasteiger partial charge in [0.05, 0.1) is 24.5 Å². The van der Waals surface area contributed by atoms with Crippen LogP contribution in [0.1, 0.15) is 26.3 Å². The third-order valence-corrected chi connectivity index (χ3v) is 4.78. The summed E-state index contributed by atoms with van der Waals surface area (Å²) in [5.74, 6) is -0.275. The van der Waals surface area contributed by atoms with Crippen molar-refractivity contribution in [2.75, 3.05) is 7.11 Å². The number of nitrogens with one attached hydrogen (secondary N) is 1. The maximum atomic E-state index is 12.3. The molecule has 0 radical (unpaired) electrons. The predicted molar refractivity (Wildman–Crippen MR) is 119 cm³/mol. The van der Waals surface area contributed by atoms with Crippen LogP contribution in [-0.2, 0) is 0 Å². The second kappa shape index (κ2) is 10.1. The topological polar surface area (TPSA) is 89.9 Å². The normalized spacial score (nSPS) is 10.6. The molecule has 152 valence electrons. The third kappa shape index (κ3) is 5.74. The number of aromatic nitrogens is 1. The SMILES string of the molecule is COc1cc(/C=N/NC(=O)c2cncc(Br)c2)ccc1OC(=O)c1ccc(Br)cc1. The van der Waals surface area contributed by atoms with E-state index in [9.17, 15) is 9.59 Å². The molecular formula is C21H15Br2N3O4. The molecule has 1 N–H and O–H groups in total. The molecule has 0 saturated carbocycles.